The van der Waals surface area contributed by atoms with Gasteiger partial charge in [0.05, 0.1) is 4.92 Å². The molecular formula is C11H11F2N3O2. The Balaban J connectivity index is 1.90. The smallest absolute Gasteiger partial charge is 0.295 e. The van der Waals surface area contributed by atoms with Crippen molar-refractivity contribution in [2.45, 2.75) is 6.04 Å². The van der Waals surface area contributed by atoms with Crippen molar-refractivity contribution in [3.05, 3.63) is 33.9 Å². The lowest BCUT2D eigenvalue weighted by atomic mass is 10.2. The van der Waals surface area contributed by atoms with Gasteiger partial charge in [0.1, 0.15) is 0 Å². The standard InChI is InChI=1S/C11H11F2N3O2/c12-7-1-2-8(16(17)18)11(9(7)13)15-10-5-3-14-4-6(5)10/h1-2,5-6,10,14-15H,3-4H2. The quantitative estimate of drug-likeness (QED) is 0.634. The first kappa shape index (κ1) is 11.3. The number of nitrogens with zero attached hydrogens (tertiary/aromatic N) is 1. The molecule has 2 N–H and O–H groups in total. The topological polar surface area (TPSA) is 67.2 Å². The van der Waals surface area contributed by atoms with E-state index in [9.17, 15) is 18.9 Å². The van der Waals surface area contributed by atoms with E-state index in [-0.39, 0.29) is 11.7 Å². The number of piperidine rings is 1. The van der Waals surface area contributed by atoms with Gasteiger partial charge in [0.25, 0.3) is 5.69 Å². The van der Waals surface area contributed by atoms with E-state index in [1.807, 2.05) is 0 Å². The van der Waals surface area contributed by atoms with Crippen LogP contribution in [0.2, 0.25) is 0 Å². The van der Waals surface area contributed by atoms with Crippen LogP contribution < -0.4 is 10.6 Å². The van der Waals surface area contributed by atoms with Gasteiger partial charge in [-0.2, -0.15) is 0 Å². The molecule has 1 aromatic carbocycles. The fourth-order valence-electron chi connectivity index (χ4n) is 2.63. The second kappa shape index (κ2) is 3.88. The molecule has 0 amide bonds. The number of halogens is 2. The van der Waals surface area contributed by atoms with Crippen LogP contribution in [0.1, 0.15) is 0 Å². The van der Waals surface area contributed by atoms with Crippen LogP contribution in [0.4, 0.5) is 20.2 Å². The van der Waals surface area contributed by atoms with Crippen LogP contribution in [0.15, 0.2) is 12.1 Å². The molecule has 1 aromatic rings. The molecule has 1 aliphatic heterocycles. The molecule has 2 atom stereocenters. The molecule has 0 bridgehead atoms. The van der Waals surface area contributed by atoms with Gasteiger partial charge in [0.15, 0.2) is 17.3 Å². The molecule has 0 aromatic heterocycles. The minimum Gasteiger partial charge on any atom is -0.374 e. The molecule has 0 spiro atoms. The number of hydrogen-bond donors (Lipinski definition) is 2. The molecule has 1 heterocycles. The van der Waals surface area contributed by atoms with E-state index in [1.165, 1.54) is 0 Å². The fourth-order valence-corrected chi connectivity index (χ4v) is 2.63. The Morgan fingerprint density at radius 3 is 2.61 bits per heavy atom. The average molecular weight is 255 g/mol. The Kier molecular flexibility index (Phi) is 2.44. The second-order valence-electron chi connectivity index (χ2n) is 4.67. The van der Waals surface area contributed by atoms with Crippen LogP contribution in [-0.4, -0.2) is 24.1 Å². The number of rotatable bonds is 3. The summed E-state index contributed by atoms with van der Waals surface area (Å²) in [5.41, 5.74) is -0.758. The van der Waals surface area contributed by atoms with Crippen molar-refractivity contribution in [2.24, 2.45) is 11.8 Å². The van der Waals surface area contributed by atoms with E-state index in [1.54, 1.807) is 0 Å². The van der Waals surface area contributed by atoms with Crippen molar-refractivity contribution in [1.82, 2.24) is 5.32 Å². The van der Waals surface area contributed by atoms with Crippen molar-refractivity contribution < 1.29 is 13.7 Å². The van der Waals surface area contributed by atoms with E-state index < -0.39 is 22.2 Å². The van der Waals surface area contributed by atoms with E-state index in [0.717, 1.165) is 25.2 Å². The van der Waals surface area contributed by atoms with Crippen molar-refractivity contribution in [3.63, 3.8) is 0 Å². The monoisotopic (exact) mass is 255 g/mol. The Bertz CT molecular complexity index is 513. The first-order valence-corrected chi connectivity index (χ1v) is 5.69. The highest BCUT2D eigenvalue weighted by molar-refractivity contribution is 5.64. The zero-order valence-electron chi connectivity index (χ0n) is 9.32. The van der Waals surface area contributed by atoms with E-state index in [0.29, 0.717) is 11.8 Å². The van der Waals surface area contributed by atoms with Crippen molar-refractivity contribution >= 4 is 11.4 Å². The van der Waals surface area contributed by atoms with Crippen molar-refractivity contribution in [3.8, 4) is 0 Å². The second-order valence-corrected chi connectivity index (χ2v) is 4.67. The van der Waals surface area contributed by atoms with E-state index >= 15 is 0 Å². The zero-order valence-corrected chi connectivity index (χ0v) is 9.32. The van der Waals surface area contributed by atoms with Crippen molar-refractivity contribution in [2.75, 3.05) is 18.4 Å². The summed E-state index contributed by atoms with van der Waals surface area (Å²) in [6.07, 6.45) is 0. The summed E-state index contributed by atoms with van der Waals surface area (Å²) in [4.78, 5) is 10.1. The largest absolute Gasteiger partial charge is 0.374 e. The molecular weight excluding hydrogens is 244 g/mol. The SMILES string of the molecule is O=[N+]([O-])c1ccc(F)c(F)c1NC1C2CNCC21. The highest BCUT2D eigenvalue weighted by Crippen LogP contribution is 2.45. The Morgan fingerprint density at radius 1 is 1.33 bits per heavy atom. The van der Waals surface area contributed by atoms with E-state index in [4.69, 9.17) is 0 Å². The summed E-state index contributed by atoms with van der Waals surface area (Å²) in [5.74, 6) is -1.55. The Labute approximate surface area is 101 Å². The first-order chi connectivity index (χ1) is 8.59. The number of benzene rings is 1. The number of fused-ring (bicyclic) bond motifs is 1. The van der Waals surface area contributed by atoms with Crippen LogP contribution in [0, 0.1) is 33.6 Å². The highest BCUT2D eigenvalue weighted by atomic mass is 19.2. The fraction of sp³-hybridized carbons (Fsp3) is 0.455. The lowest BCUT2D eigenvalue weighted by Crippen LogP contribution is -2.22. The summed E-state index contributed by atoms with van der Waals surface area (Å²) in [6.45, 7) is 1.63. The minimum atomic E-state index is -1.18. The number of anilines is 1. The summed E-state index contributed by atoms with van der Waals surface area (Å²) in [7, 11) is 0. The lowest BCUT2D eigenvalue weighted by molar-refractivity contribution is -0.384. The molecule has 2 aliphatic rings. The third kappa shape index (κ3) is 1.62. The summed E-state index contributed by atoms with van der Waals surface area (Å²) < 4.78 is 26.8. The molecule has 7 heteroatoms. The third-order valence-electron chi connectivity index (χ3n) is 3.67. The zero-order chi connectivity index (χ0) is 12.9. The lowest BCUT2D eigenvalue weighted by Gasteiger charge is -2.10. The van der Waals surface area contributed by atoms with Crippen LogP contribution in [0.5, 0.6) is 0 Å². The van der Waals surface area contributed by atoms with Crippen LogP contribution in [0.25, 0.3) is 0 Å². The number of hydrogen-bond acceptors (Lipinski definition) is 4. The van der Waals surface area contributed by atoms with Gasteiger partial charge in [-0.1, -0.05) is 0 Å². The van der Waals surface area contributed by atoms with Gasteiger partial charge in [-0.05, 0) is 17.9 Å². The van der Waals surface area contributed by atoms with Gasteiger partial charge >= 0.3 is 0 Å². The molecule has 2 fully saturated rings. The first-order valence-electron chi connectivity index (χ1n) is 5.69. The summed E-state index contributed by atoms with van der Waals surface area (Å²) in [6, 6.07) is 1.76. The van der Waals surface area contributed by atoms with E-state index in [2.05, 4.69) is 10.6 Å². The maximum Gasteiger partial charge on any atom is 0.295 e. The highest BCUT2D eigenvalue weighted by Gasteiger charge is 2.53. The summed E-state index contributed by atoms with van der Waals surface area (Å²) >= 11 is 0. The molecule has 2 unspecified atom stereocenters. The van der Waals surface area contributed by atoms with Gasteiger partial charge in [0.2, 0.25) is 0 Å². The van der Waals surface area contributed by atoms with Gasteiger partial charge in [-0.3, -0.25) is 10.1 Å². The molecule has 0 radical (unpaired) electrons. The molecule has 96 valence electrons. The van der Waals surface area contributed by atoms with Crippen LogP contribution in [-0.2, 0) is 0 Å². The van der Waals surface area contributed by atoms with Gasteiger partial charge in [0, 0.05) is 25.2 Å². The summed E-state index contributed by atoms with van der Waals surface area (Å²) in [5, 5.41) is 16.7. The number of nitro benzene ring substituents is 1. The van der Waals surface area contributed by atoms with Gasteiger partial charge in [-0.15, -0.1) is 0 Å². The average Bonchev–Trinajstić information content (AvgIpc) is 2.76. The molecule has 18 heavy (non-hydrogen) atoms. The predicted octanol–water partition coefficient (Wildman–Crippen LogP) is 1.50. The molecule has 3 rings (SSSR count). The molecule has 5 nitrogen and oxygen atoms in total. The van der Waals surface area contributed by atoms with Crippen LogP contribution >= 0.6 is 0 Å². The third-order valence-corrected chi connectivity index (χ3v) is 3.67. The van der Waals surface area contributed by atoms with Gasteiger partial charge < -0.3 is 10.6 Å². The number of nitrogens with one attached hydrogen (secondary N) is 2. The Hall–Kier alpha value is -1.76. The normalized spacial score (nSPS) is 28.9. The Morgan fingerprint density at radius 2 is 2.00 bits per heavy atom. The number of nitro groups is 1. The van der Waals surface area contributed by atoms with Gasteiger partial charge in [-0.25, -0.2) is 8.78 Å². The maximum atomic E-state index is 13.6. The predicted molar refractivity (Wildman–Crippen MR) is 60.3 cm³/mol. The minimum absolute atomic E-state index is 0.00116. The molecule has 1 saturated carbocycles. The maximum absolute atomic E-state index is 13.6. The molecule has 1 saturated heterocycles. The van der Waals surface area contributed by atoms with Crippen LogP contribution in [0.3, 0.4) is 0 Å². The molecule has 1 aliphatic carbocycles. The van der Waals surface area contributed by atoms with Crippen molar-refractivity contribution in [1.29, 1.82) is 0 Å².